The van der Waals surface area contributed by atoms with Gasteiger partial charge >= 0.3 is 5.97 Å². The summed E-state index contributed by atoms with van der Waals surface area (Å²) >= 11 is 0. The predicted molar refractivity (Wildman–Crippen MR) is 82.3 cm³/mol. The second-order valence-corrected chi connectivity index (χ2v) is 5.83. The van der Waals surface area contributed by atoms with Gasteiger partial charge in [-0.25, -0.2) is 4.98 Å². The zero-order valence-corrected chi connectivity index (χ0v) is 13.0. The smallest absolute Gasteiger partial charge is 0.319 e. The molecule has 4 nitrogen and oxygen atoms in total. The van der Waals surface area contributed by atoms with Gasteiger partial charge in [0.1, 0.15) is 11.2 Å². The van der Waals surface area contributed by atoms with E-state index >= 15 is 0 Å². The molecule has 2 aromatic rings. The van der Waals surface area contributed by atoms with Crippen molar-refractivity contribution < 1.29 is 9.53 Å². The lowest BCUT2D eigenvalue weighted by atomic mass is 9.68. The van der Waals surface area contributed by atoms with E-state index < -0.39 is 5.41 Å². The van der Waals surface area contributed by atoms with Crippen molar-refractivity contribution in [2.24, 2.45) is 0 Å². The van der Waals surface area contributed by atoms with E-state index in [1.54, 1.807) is 0 Å². The number of hydrogen-bond acceptors (Lipinski definition) is 3. The summed E-state index contributed by atoms with van der Waals surface area (Å²) in [6.07, 6.45) is 2.74. The number of aryl methyl sites for hydroxylation is 2. The first-order valence-electron chi connectivity index (χ1n) is 7.77. The molecule has 4 heteroatoms. The third-order valence-corrected chi connectivity index (χ3v) is 4.52. The molecule has 0 amide bonds. The Bertz CT molecular complexity index is 683. The normalized spacial score (nSPS) is 16.7. The summed E-state index contributed by atoms with van der Waals surface area (Å²) in [5.41, 5.74) is 2.74. The Labute approximate surface area is 125 Å². The van der Waals surface area contributed by atoms with Gasteiger partial charge in [-0.05, 0) is 51.3 Å². The average Bonchev–Trinajstić information content (AvgIpc) is 2.75. The number of esters is 1. The quantitative estimate of drug-likeness (QED) is 0.810. The van der Waals surface area contributed by atoms with E-state index in [-0.39, 0.29) is 5.97 Å². The Morgan fingerprint density at radius 2 is 2.14 bits per heavy atom. The standard InChI is InChI=1S/C17H22N2O2/c1-4-19-14-8-7-12(3)11-13(14)18-15(19)17(9-6-10-17)16(20)21-5-2/h7-8,11H,4-6,9-10H2,1-3H3. The van der Waals surface area contributed by atoms with Gasteiger partial charge in [0.15, 0.2) is 0 Å². The van der Waals surface area contributed by atoms with Gasteiger partial charge < -0.3 is 9.30 Å². The summed E-state index contributed by atoms with van der Waals surface area (Å²) < 4.78 is 7.50. The van der Waals surface area contributed by atoms with Crippen molar-refractivity contribution in [1.29, 1.82) is 0 Å². The van der Waals surface area contributed by atoms with Crippen LogP contribution in [0.3, 0.4) is 0 Å². The van der Waals surface area contributed by atoms with Crippen molar-refractivity contribution in [2.75, 3.05) is 6.61 Å². The van der Waals surface area contributed by atoms with E-state index in [4.69, 9.17) is 9.72 Å². The molecule has 1 aromatic carbocycles. The van der Waals surface area contributed by atoms with Crippen LogP contribution in [0.1, 0.15) is 44.5 Å². The number of ether oxygens (including phenoxy) is 1. The molecule has 1 fully saturated rings. The summed E-state index contributed by atoms with van der Waals surface area (Å²) in [6, 6.07) is 6.28. The Morgan fingerprint density at radius 1 is 1.38 bits per heavy atom. The summed E-state index contributed by atoms with van der Waals surface area (Å²) in [7, 11) is 0. The second-order valence-electron chi connectivity index (χ2n) is 5.83. The van der Waals surface area contributed by atoms with Gasteiger partial charge in [-0.2, -0.15) is 0 Å². The van der Waals surface area contributed by atoms with Crippen molar-refractivity contribution in [3.63, 3.8) is 0 Å². The van der Waals surface area contributed by atoms with Crippen molar-refractivity contribution in [3.8, 4) is 0 Å². The lowest BCUT2D eigenvalue weighted by Gasteiger charge is -2.38. The fourth-order valence-corrected chi connectivity index (χ4v) is 3.24. The molecule has 1 aliphatic rings. The molecule has 0 aliphatic heterocycles. The summed E-state index contributed by atoms with van der Waals surface area (Å²) in [5, 5.41) is 0. The molecule has 0 atom stereocenters. The highest BCUT2D eigenvalue weighted by atomic mass is 16.5. The molecular weight excluding hydrogens is 264 g/mol. The van der Waals surface area contributed by atoms with Crippen LogP contribution in [0.2, 0.25) is 0 Å². The highest BCUT2D eigenvalue weighted by Gasteiger charge is 2.50. The number of imidazole rings is 1. The van der Waals surface area contributed by atoms with E-state index in [1.165, 1.54) is 5.56 Å². The third kappa shape index (κ3) is 2.04. The molecule has 1 aromatic heterocycles. The average molecular weight is 286 g/mol. The zero-order chi connectivity index (χ0) is 15.0. The van der Waals surface area contributed by atoms with Crippen LogP contribution in [0.4, 0.5) is 0 Å². The molecule has 0 N–H and O–H groups in total. The molecule has 1 aliphatic carbocycles. The Morgan fingerprint density at radius 3 is 2.71 bits per heavy atom. The van der Waals surface area contributed by atoms with Gasteiger partial charge in [0.2, 0.25) is 0 Å². The summed E-state index contributed by atoms with van der Waals surface area (Å²) in [6.45, 7) is 7.26. The lowest BCUT2D eigenvalue weighted by molar-refractivity contribution is -0.154. The van der Waals surface area contributed by atoms with Gasteiger partial charge in [-0.15, -0.1) is 0 Å². The Balaban J connectivity index is 2.16. The van der Waals surface area contributed by atoms with Crippen LogP contribution in [0.15, 0.2) is 18.2 Å². The molecule has 0 spiro atoms. The SMILES string of the molecule is CCOC(=O)C1(c2nc3cc(C)ccc3n2CC)CCC1. The minimum absolute atomic E-state index is 0.113. The van der Waals surface area contributed by atoms with Crippen molar-refractivity contribution in [2.45, 2.75) is 52.0 Å². The highest BCUT2D eigenvalue weighted by molar-refractivity contribution is 5.86. The molecular formula is C17H22N2O2. The molecule has 112 valence electrons. The number of fused-ring (bicyclic) bond motifs is 1. The maximum Gasteiger partial charge on any atom is 0.319 e. The first kappa shape index (κ1) is 14.1. The number of carbonyl (C=O) groups is 1. The molecule has 1 heterocycles. The molecule has 3 rings (SSSR count). The number of nitrogens with zero attached hydrogens (tertiary/aromatic N) is 2. The Kier molecular flexibility index (Phi) is 3.47. The minimum Gasteiger partial charge on any atom is -0.465 e. The molecule has 21 heavy (non-hydrogen) atoms. The number of rotatable bonds is 4. The number of carbonyl (C=O) groups excluding carboxylic acids is 1. The number of hydrogen-bond donors (Lipinski definition) is 0. The van der Waals surface area contributed by atoms with Gasteiger partial charge in [-0.3, -0.25) is 4.79 Å². The first-order chi connectivity index (χ1) is 10.1. The van der Waals surface area contributed by atoms with Crippen molar-refractivity contribution >= 4 is 17.0 Å². The van der Waals surface area contributed by atoms with Gasteiger partial charge in [0.05, 0.1) is 17.6 Å². The van der Waals surface area contributed by atoms with Crippen LogP contribution >= 0.6 is 0 Å². The van der Waals surface area contributed by atoms with E-state index in [1.807, 2.05) is 6.92 Å². The largest absolute Gasteiger partial charge is 0.465 e. The third-order valence-electron chi connectivity index (χ3n) is 4.52. The Hall–Kier alpha value is -1.84. The van der Waals surface area contributed by atoms with Crippen LogP contribution in [0, 0.1) is 6.92 Å². The van der Waals surface area contributed by atoms with Crippen LogP contribution in [0.5, 0.6) is 0 Å². The van der Waals surface area contributed by atoms with E-state index in [0.29, 0.717) is 6.61 Å². The van der Waals surface area contributed by atoms with E-state index in [9.17, 15) is 4.79 Å². The summed E-state index contributed by atoms with van der Waals surface area (Å²) in [4.78, 5) is 17.3. The predicted octanol–water partition coefficient (Wildman–Crippen LogP) is 3.35. The van der Waals surface area contributed by atoms with Crippen molar-refractivity contribution in [3.05, 3.63) is 29.6 Å². The lowest BCUT2D eigenvalue weighted by Crippen LogP contribution is -2.45. The summed E-state index contributed by atoms with van der Waals surface area (Å²) in [5.74, 6) is 0.772. The van der Waals surface area contributed by atoms with Crippen LogP contribution < -0.4 is 0 Å². The molecule has 0 saturated heterocycles. The maximum absolute atomic E-state index is 12.5. The van der Waals surface area contributed by atoms with Crippen molar-refractivity contribution in [1.82, 2.24) is 9.55 Å². The fourth-order valence-electron chi connectivity index (χ4n) is 3.24. The highest BCUT2D eigenvalue weighted by Crippen LogP contribution is 2.45. The fraction of sp³-hybridized carbons (Fsp3) is 0.529. The van der Waals surface area contributed by atoms with Gasteiger partial charge in [-0.1, -0.05) is 12.5 Å². The molecule has 0 unspecified atom stereocenters. The van der Waals surface area contributed by atoms with E-state index in [0.717, 1.165) is 42.7 Å². The van der Waals surface area contributed by atoms with Gasteiger partial charge in [0, 0.05) is 6.54 Å². The molecule has 1 saturated carbocycles. The number of benzene rings is 1. The number of aromatic nitrogens is 2. The monoisotopic (exact) mass is 286 g/mol. The van der Waals surface area contributed by atoms with Crippen LogP contribution in [0.25, 0.3) is 11.0 Å². The molecule has 0 bridgehead atoms. The second kappa shape index (κ2) is 5.17. The van der Waals surface area contributed by atoms with E-state index in [2.05, 4.69) is 36.6 Å². The molecule has 0 radical (unpaired) electrons. The zero-order valence-electron chi connectivity index (χ0n) is 13.0. The minimum atomic E-state index is -0.529. The first-order valence-corrected chi connectivity index (χ1v) is 7.77. The van der Waals surface area contributed by atoms with Gasteiger partial charge in [0.25, 0.3) is 0 Å². The topological polar surface area (TPSA) is 44.1 Å². The van der Waals surface area contributed by atoms with Crippen LogP contribution in [-0.4, -0.2) is 22.1 Å². The van der Waals surface area contributed by atoms with Crippen LogP contribution in [-0.2, 0) is 21.5 Å². The maximum atomic E-state index is 12.5.